The molecule has 162 valence electrons. The van der Waals surface area contributed by atoms with Gasteiger partial charge in [-0.3, -0.25) is 14.3 Å². The number of nitrogens with zero attached hydrogens (tertiary/aromatic N) is 3. The van der Waals surface area contributed by atoms with Gasteiger partial charge < -0.3 is 10.1 Å². The van der Waals surface area contributed by atoms with Gasteiger partial charge in [-0.1, -0.05) is 54.6 Å². The van der Waals surface area contributed by atoms with Gasteiger partial charge in [-0.05, 0) is 35.4 Å². The van der Waals surface area contributed by atoms with Crippen molar-refractivity contribution in [2.24, 2.45) is 0 Å². The van der Waals surface area contributed by atoms with Crippen molar-refractivity contribution in [2.45, 2.75) is 25.4 Å². The highest BCUT2D eigenvalue weighted by atomic mass is 16.5. The molecule has 32 heavy (non-hydrogen) atoms. The molecule has 0 aliphatic rings. The molecule has 1 unspecified atom stereocenters. The summed E-state index contributed by atoms with van der Waals surface area (Å²) in [4.78, 5) is 30.2. The van der Waals surface area contributed by atoms with Gasteiger partial charge in [-0.25, -0.2) is 4.98 Å². The maximum atomic E-state index is 13.1. The Morgan fingerprint density at radius 1 is 1.03 bits per heavy atom. The molecule has 1 amide bonds. The van der Waals surface area contributed by atoms with Crippen LogP contribution >= 0.6 is 0 Å². The van der Waals surface area contributed by atoms with E-state index in [1.807, 2.05) is 49.4 Å². The minimum Gasteiger partial charge on any atom is -0.497 e. The highest BCUT2D eigenvalue weighted by Crippen LogP contribution is 2.25. The van der Waals surface area contributed by atoms with Crippen molar-refractivity contribution >= 4 is 22.5 Å². The van der Waals surface area contributed by atoms with Gasteiger partial charge in [0, 0.05) is 5.56 Å². The average molecular weight is 428 g/mol. The molecule has 0 saturated carbocycles. The summed E-state index contributed by atoms with van der Waals surface area (Å²) in [5.41, 5.74) is 1.40. The summed E-state index contributed by atoms with van der Waals surface area (Å²) in [5, 5.41) is 9.05. The van der Waals surface area contributed by atoms with Crippen LogP contribution in [0, 0.1) is 0 Å². The van der Waals surface area contributed by atoms with Gasteiger partial charge >= 0.3 is 0 Å². The van der Waals surface area contributed by atoms with Crippen molar-refractivity contribution in [1.82, 2.24) is 20.1 Å². The van der Waals surface area contributed by atoms with E-state index >= 15 is 0 Å². The number of methoxy groups -OCH3 is 1. The second kappa shape index (κ2) is 9.43. The third kappa shape index (κ3) is 4.67. The summed E-state index contributed by atoms with van der Waals surface area (Å²) in [7, 11) is 1.63. The van der Waals surface area contributed by atoms with Gasteiger partial charge in [-0.2, -0.15) is 5.10 Å². The second-order valence-corrected chi connectivity index (χ2v) is 7.60. The number of ether oxygens (including phenoxy) is 1. The van der Waals surface area contributed by atoms with Crippen LogP contribution in [0.2, 0.25) is 0 Å². The van der Waals surface area contributed by atoms with Crippen LogP contribution < -0.4 is 10.1 Å². The van der Waals surface area contributed by atoms with Crippen LogP contribution in [0.1, 0.15) is 28.8 Å². The van der Waals surface area contributed by atoms with Crippen molar-refractivity contribution < 1.29 is 14.3 Å². The van der Waals surface area contributed by atoms with Gasteiger partial charge in [0.2, 0.25) is 5.91 Å². The molecule has 1 N–H and O–H groups in total. The molecule has 0 bridgehead atoms. The number of hydrogen-bond donors (Lipinski definition) is 1. The number of ketones is 1. The molecule has 7 heteroatoms. The quantitative estimate of drug-likeness (QED) is 0.433. The number of aromatic nitrogens is 3. The fraction of sp³-hybridized carbons (Fsp3) is 0.200. The number of nitrogens with one attached hydrogen (secondary N) is 1. The van der Waals surface area contributed by atoms with Crippen LogP contribution in [0.15, 0.2) is 79.4 Å². The van der Waals surface area contributed by atoms with Crippen molar-refractivity contribution in [3.63, 3.8) is 0 Å². The van der Waals surface area contributed by atoms with Gasteiger partial charge in [0.25, 0.3) is 0 Å². The number of Topliss-reactive ketones (excluding diaryl/α,β-unsaturated/α-hetero) is 1. The molecule has 4 aromatic rings. The summed E-state index contributed by atoms with van der Waals surface area (Å²) in [5.74, 6) is -0.0609. The molecule has 4 rings (SSSR count). The van der Waals surface area contributed by atoms with E-state index < -0.39 is 12.0 Å². The van der Waals surface area contributed by atoms with Crippen molar-refractivity contribution in [3.8, 4) is 5.75 Å². The topological polar surface area (TPSA) is 86.1 Å². The van der Waals surface area contributed by atoms with E-state index in [1.165, 1.54) is 12.7 Å². The number of rotatable bonds is 8. The zero-order valence-electron chi connectivity index (χ0n) is 17.9. The molecule has 0 aliphatic heterocycles. The third-order valence-corrected chi connectivity index (χ3v) is 5.49. The summed E-state index contributed by atoms with van der Waals surface area (Å²) in [6.07, 6.45) is 2.93. The summed E-state index contributed by atoms with van der Waals surface area (Å²) >= 11 is 0. The van der Waals surface area contributed by atoms with Gasteiger partial charge in [-0.15, -0.1) is 0 Å². The van der Waals surface area contributed by atoms with E-state index in [1.54, 1.807) is 36.1 Å². The molecule has 0 spiro atoms. The Balaban J connectivity index is 1.55. The summed E-state index contributed by atoms with van der Waals surface area (Å²) in [6, 6.07) is 19.9. The van der Waals surface area contributed by atoms with Crippen LogP contribution in [0.3, 0.4) is 0 Å². The first-order valence-corrected chi connectivity index (χ1v) is 10.3. The Morgan fingerprint density at radius 3 is 2.50 bits per heavy atom. The highest BCUT2D eigenvalue weighted by molar-refractivity contribution is 6.02. The number of amides is 1. The molecular formula is C25H24N4O3. The van der Waals surface area contributed by atoms with Crippen LogP contribution in [-0.4, -0.2) is 39.6 Å². The summed E-state index contributed by atoms with van der Waals surface area (Å²) in [6.45, 7) is 2.03. The van der Waals surface area contributed by atoms with E-state index in [4.69, 9.17) is 4.74 Å². The number of hydrogen-bond acceptors (Lipinski definition) is 5. The first-order chi connectivity index (χ1) is 15.5. The van der Waals surface area contributed by atoms with Crippen LogP contribution in [-0.2, 0) is 11.3 Å². The Bertz CT molecular complexity index is 1220. The highest BCUT2D eigenvalue weighted by Gasteiger charge is 2.26. The van der Waals surface area contributed by atoms with E-state index in [0.29, 0.717) is 5.56 Å². The van der Waals surface area contributed by atoms with Crippen LogP contribution in [0.4, 0.5) is 0 Å². The molecule has 1 heterocycles. The van der Waals surface area contributed by atoms with E-state index in [9.17, 15) is 9.59 Å². The fourth-order valence-electron chi connectivity index (χ4n) is 3.60. The minimum atomic E-state index is -0.765. The smallest absolute Gasteiger partial charge is 0.227 e. The van der Waals surface area contributed by atoms with E-state index in [-0.39, 0.29) is 18.2 Å². The molecule has 2 atom stereocenters. The largest absolute Gasteiger partial charge is 0.497 e. The lowest BCUT2D eigenvalue weighted by atomic mass is 9.96. The average Bonchev–Trinajstić information content (AvgIpc) is 3.35. The van der Waals surface area contributed by atoms with Crippen molar-refractivity contribution in [1.29, 1.82) is 0 Å². The first kappa shape index (κ1) is 21.2. The van der Waals surface area contributed by atoms with Gasteiger partial charge in [0.05, 0.1) is 19.6 Å². The number of fused-ring (bicyclic) bond motifs is 1. The zero-order chi connectivity index (χ0) is 22.5. The number of benzene rings is 3. The third-order valence-electron chi connectivity index (χ3n) is 5.49. The van der Waals surface area contributed by atoms with E-state index in [2.05, 4.69) is 15.4 Å². The normalized spacial score (nSPS) is 12.8. The number of carbonyl (C=O) groups excluding carboxylic acids is 2. The first-order valence-electron chi connectivity index (χ1n) is 10.3. The monoisotopic (exact) mass is 428 g/mol. The Labute approximate surface area is 186 Å². The molecule has 1 aromatic heterocycles. The molecule has 0 aliphatic carbocycles. The standard InChI is InChI=1S/C25H24N4O3/c1-17(19-8-9-21-13-22(32-2)11-10-20(21)12-19)25(31)28-23(14-29-16-26-15-27-29)24(30)18-6-4-3-5-7-18/h3-13,15-17,23H,14H2,1-2H3,(H,28,31)/t17-,23?/m0/s1. The molecular weight excluding hydrogens is 404 g/mol. The van der Waals surface area contributed by atoms with E-state index in [0.717, 1.165) is 22.1 Å². The second-order valence-electron chi connectivity index (χ2n) is 7.60. The minimum absolute atomic E-state index is 0.174. The maximum Gasteiger partial charge on any atom is 0.227 e. The maximum absolute atomic E-state index is 13.1. The van der Waals surface area contributed by atoms with Crippen LogP contribution in [0.5, 0.6) is 5.75 Å². The lowest BCUT2D eigenvalue weighted by Crippen LogP contribution is -2.45. The lowest BCUT2D eigenvalue weighted by Gasteiger charge is -2.21. The van der Waals surface area contributed by atoms with Gasteiger partial charge in [0.15, 0.2) is 5.78 Å². The number of carbonyl (C=O) groups is 2. The summed E-state index contributed by atoms with van der Waals surface area (Å²) < 4.78 is 6.82. The lowest BCUT2D eigenvalue weighted by molar-refractivity contribution is -0.122. The Morgan fingerprint density at radius 2 is 1.78 bits per heavy atom. The van der Waals surface area contributed by atoms with Gasteiger partial charge in [0.1, 0.15) is 24.4 Å². The molecule has 3 aromatic carbocycles. The molecule has 0 radical (unpaired) electrons. The van der Waals surface area contributed by atoms with Crippen molar-refractivity contribution in [3.05, 3.63) is 90.5 Å². The van der Waals surface area contributed by atoms with Crippen molar-refractivity contribution in [2.75, 3.05) is 7.11 Å². The SMILES string of the molecule is COc1ccc2cc([C@H](C)C(=O)NC(Cn3cncn3)C(=O)c3ccccc3)ccc2c1. The molecule has 0 saturated heterocycles. The Kier molecular flexibility index (Phi) is 6.26. The zero-order valence-corrected chi connectivity index (χ0v) is 17.9. The van der Waals surface area contributed by atoms with Crippen LogP contribution in [0.25, 0.3) is 10.8 Å². The molecule has 7 nitrogen and oxygen atoms in total. The Hall–Kier alpha value is -4.00. The predicted molar refractivity (Wildman–Crippen MR) is 122 cm³/mol. The predicted octanol–water partition coefficient (Wildman–Crippen LogP) is 3.61. The molecule has 0 fully saturated rings. The fourth-order valence-corrected chi connectivity index (χ4v) is 3.60.